The quantitative estimate of drug-likeness (QED) is 0.490. The van der Waals surface area contributed by atoms with Gasteiger partial charge in [-0.1, -0.05) is 41.4 Å². The second kappa shape index (κ2) is 5.19. The summed E-state index contributed by atoms with van der Waals surface area (Å²) in [7, 11) is 0. The van der Waals surface area contributed by atoms with E-state index in [0.717, 1.165) is 5.56 Å². The molecule has 0 unspecified atom stereocenters. The van der Waals surface area contributed by atoms with Gasteiger partial charge in [0.15, 0.2) is 10.8 Å². The summed E-state index contributed by atoms with van der Waals surface area (Å²) < 4.78 is 1.17. The summed E-state index contributed by atoms with van der Waals surface area (Å²) in [4.78, 5) is 21.8. The Labute approximate surface area is 113 Å². The maximum Gasteiger partial charge on any atom is 0.408 e. The third-order valence-corrected chi connectivity index (χ3v) is 2.82. The van der Waals surface area contributed by atoms with Crippen LogP contribution in [-0.2, 0) is 6.54 Å². The van der Waals surface area contributed by atoms with E-state index in [1.165, 1.54) is 10.9 Å². The molecule has 0 radical (unpaired) electrons. The highest BCUT2D eigenvalue weighted by atomic mass is 35.5. The minimum atomic E-state index is -0.685. The molecule has 0 aliphatic carbocycles. The van der Waals surface area contributed by atoms with Crippen molar-refractivity contribution >= 4 is 23.2 Å². The van der Waals surface area contributed by atoms with Gasteiger partial charge in [-0.05, 0) is 11.8 Å². The van der Waals surface area contributed by atoms with Crippen LogP contribution in [0.15, 0.2) is 30.5 Å². The number of nitrogens with zero attached hydrogens (tertiary/aromatic N) is 3. The van der Waals surface area contributed by atoms with Gasteiger partial charge in [0.1, 0.15) is 6.54 Å². The maximum absolute atomic E-state index is 11.9. The Bertz CT molecular complexity index is 634. The van der Waals surface area contributed by atoms with Crippen molar-refractivity contribution < 1.29 is 9.72 Å². The average molecular weight is 280 g/mol. The zero-order valence-electron chi connectivity index (χ0n) is 10.0. The Morgan fingerprint density at radius 1 is 1.42 bits per heavy atom. The fraction of sp³-hybridized carbons (Fsp3) is 0.167. The van der Waals surface area contributed by atoms with Crippen molar-refractivity contribution in [2.75, 3.05) is 0 Å². The summed E-state index contributed by atoms with van der Waals surface area (Å²) in [5.74, 6) is -0.632. The molecular formula is C12H10ClN3O3. The number of nitro groups is 1. The number of hydrogen-bond donors (Lipinski definition) is 0. The number of aryl methyl sites for hydroxylation is 1. The normalized spacial score (nSPS) is 10.4. The van der Waals surface area contributed by atoms with E-state index in [0.29, 0.717) is 5.56 Å². The predicted octanol–water partition coefficient (Wildman–Crippen LogP) is 2.64. The molecule has 0 aliphatic heterocycles. The van der Waals surface area contributed by atoms with Crippen molar-refractivity contribution in [1.29, 1.82) is 0 Å². The maximum atomic E-state index is 11.9. The Hall–Kier alpha value is -2.21. The lowest BCUT2D eigenvalue weighted by atomic mass is 10.1. The van der Waals surface area contributed by atoms with Gasteiger partial charge in [-0.3, -0.25) is 4.79 Å². The molecule has 0 amide bonds. The number of rotatable bonds is 4. The molecule has 98 valence electrons. The summed E-state index contributed by atoms with van der Waals surface area (Å²) in [5, 5.41) is 14.2. The van der Waals surface area contributed by atoms with Crippen LogP contribution in [0.2, 0.25) is 5.02 Å². The molecule has 0 bridgehead atoms. The van der Waals surface area contributed by atoms with E-state index < -0.39 is 10.7 Å². The standard InChI is InChI=1S/C12H10ClN3O3/c1-8-2-4-9(5-3-8)11(17)7-15-6-10(13)12(14-15)16(18)19/h2-6H,7H2,1H3. The number of benzene rings is 1. The summed E-state index contributed by atoms with van der Waals surface area (Å²) in [5.41, 5.74) is 1.58. The molecule has 0 aliphatic rings. The van der Waals surface area contributed by atoms with Crippen LogP contribution in [0.1, 0.15) is 15.9 Å². The molecule has 1 aromatic carbocycles. The SMILES string of the molecule is Cc1ccc(C(=O)Cn2cc(Cl)c([N+](=O)[O-])n2)cc1. The molecule has 6 nitrogen and oxygen atoms in total. The number of Topliss-reactive ketones (excluding diaryl/α,β-unsaturated/α-hetero) is 1. The topological polar surface area (TPSA) is 78.0 Å². The summed E-state index contributed by atoms with van der Waals surface area (Å²) in [6.07, 6.45) is 1.27. The zero-order valence-corrected chi connectivity index (χ0v) is 10.8. The van der Waals surface area contributed by atoms with Crippen LogP contribution in [-0.4, -0.2) is 20.5 Å². The number of aromatic nitrogens is 2. The first-order valence-electron chi connectivity index (χ1n) is 5.44. The van der Waals surface area contributed by atoms with Crippen LogP contribution >= 0.6 is 11.6 Å². The highest BCUT2D eigenvalue weighted by Gasteiger charge is 2.20. The molecule has 0 saturated carbocycles. The van der Waals surface area contributed by atoms with Crippen LogP contribution in [0, 0.1) is 17.0 Å². The van der Waals surface area contributed by atoms with Gasteiger partial charge in [0, 0.05) is 5.56 Å². The lowest BCUT2D eigenvalue weighted by Crippen LogP contribution is -2.11. The van der Waals surface area contributed by atoms with Crippen molar-refractivity contribution in [2.24, 2.45) is 0 Å². The molecule has 0 atom stereocenters. The number of halogens is 1. The molecule has 2 rings (SSSR count). The molecule has 7 heteroatoms. The van der Waals surface area contributed by atoms with E-state index in [-0.39, 0.29) is 17.4 Å². The third kappa shape index (κ3) is 2.97. The number of ketones is 1. The third-order valence-electron chi connectivity index (χ3n) is 2.55. The molecule has 1 aromatic heterocycles. The lowest BCUT2D eigenvalue weighted by Gasteiger charge is -1.99. The van der Waals surface area contributed by atoms with Gasteiger partial charge in [0.25, 0.3) is 0 Å². The first-order chi connectivity index (χ1) is 8.97. The monoisotopic (exact) mass is 279 g/mol. The molecule has 2 aromatic rings. The molecular weight excluding hydrogens is 270 g/mol. The fourth-order valence-electron chi connectivity index (χ4n) is 1.57. The van der Waals surface area contributed by atoms with Crippen molar-refractivity contribution in [3.63, 3.8) is 0 Å². The summed E-state index contributed by atoms with van der Waals surface area (Å²) >= 11 is 5.65. The Morgan fingerprint density at radius 3 is 2.58 bits per heavy atom. The van der Waals surface area contributed by atoms with Crippen LogP contribution in [0.4, 0.5) is 5.82 Å². The van der Waals surface area contributed by atoms with E-state index >= 15 is 0 Å². The summed E-state index contributed by atoms with van der Waals surface area (Å²) in [6, 6.07) is 7.06. The lowest BCUT2D eigenvalue weighted by molar-refractivity contribution is -0.389. The van der Waals surface area contributed by atoms with Crippen molar-refractivity contribution in [3.05, 3.63) is 56.7 Å². The Kier molecular flexibility index (Phi) is 3.62. The van der Waals surface area contributed by atoms with Gasteiger partial charge < -0.3 is 10.1 Å². The Morgan fingerprint density at radius 2 is 2.05 bits per heavy atom. The molecule has 0 N–H and O–H groups in total. The largest absolute Gasteiger partial charge is 0.408 e. The van der Waals surface area contributed by atoms with Crippen LogP contribution in [0.5, 0.6) is 0 Å². The van der Waals surface area contributed by atoms with E-state index in [1.807, 2.05) is 19.1 Å². The Balaban J connectivity index is 2.17. The molecule has 0 saturated heterocycles. The number of carbonyl (C=O) groups excluding carboxylic acids is 1. The van der Waals surface area contributed by atoms with E-state index in [2.05, 4.69) is 5.10 Å². The van der Waals surface area contributed by atoms with Crippen LogP contribution < -0.4 is 0 Å². The van der Waals surface area contributed by atoms with E-state index in [9.17, 15) is 14.9 Å². The molecule has 0 fully saturated rings. The van der Waals surface area contributed by atoms with Gasteiger partial charge >= 0.3 is 5.82 Å². The van der Waals surface area contributed by atoms with E-state index in [4.69, 9.17) is 11.6 Å². The smallest absolute Gasteiger partial charge is 0.358 e. The van der Waals surface area contributed by atoms with Gasteiger partial charge in [-0.2, -0.15) is 4.68 Å². The first-order valence-corrected chi connectivity index (χ1v) is 5.82. The van der Waals surface area contributed by atoms with E-state index in [1.54, 1.807) is 12.1 Å². The second-order valence-electron chi connectivity index (χ2n) is 4.04. The van der Waals surface area contributed by atoms with Crippen molar-refractivity contribution in [1.82, 2.24) is 9.78 Å². The first kappa shape index (κ1) is 13.2. The number of hydrogen-bond acceptors (Lipinski definition) is 4. The van der Waals surface area contributed by atoms with Crippen LogP contribution in [0.25, 0.3) is 0 Å². The highest BCUT2D eigenvalue weighted by Crippen LogP contribution is 2.21. The van der Waals surface area contributed by atoms with Gasteiger partial charge in [-0.15, -0.1) is 0 Å². The van der Waals surface area contributed by atoms with Crippen LogP contribution in [0.3, 0.4) is 0 Å². The second-order valence-corrected chi connectivity index (χ2v) is 4.45. The zero-order chi connectivity index (χ0) is 14.0. The van der Waals surface area contributed by atoms with Crippen molar-refractivity contribution in [2.45, 2.75) is 13.5 Å². The number of carbonyl (C=O) groups is 1. The van der Waals surface area contributed by atoms with Gasteiger partial charge in [0.2, 0.25) is 0 Å². The average Bonchev–Trinajstić information content (AvgIpc) is 2.71. The minimum absolute atomic E-state index is 0.0818. The summed E-state index contributed by atoms with van der Waals surface area (Å²) in [6.45, 7) is 1.83. The predicted molar refractivity (Wildman–Crippen MR) is 69.4 cm³/mol. The van der Waals surface area contributed by atoms with Gasteiger partial charge in [-0.25, -0.2) is 0 Å². The molecule has 19 heavy (non-hydrogen) atoms. The molecule has 1 heterocycles. The minimum Gasteiger partial charge on any atom is -0.358 e. The highest BCUT2D eigenvalue weighted by molar-refractivity contribution is 6.32. The van der Waals surface area contributed by atoms with Crippen molar-refractivity contribution in [3.8, 4) is 0 Å². The van der Waals surface area contributed by atoms with Gasteiger partial charge in [0.05, 0.1) is 11.3 Å². The molecule has 0 spiro atoms. The fourth-order valence-corrected chi connectivity index (χ4v) is 1.79.